The van der Waals surface area contributed by atoms with Crippen LogP contribution in [-0.2, 0) is 5.75 Å². The SMILES string of the molecule is O=[N+]([O-])c1ccccc1SCc1sccc1C#CCO. The van der Waals surface area contributed by atoms with Gasteiger partial charge in [0.15, 0.2) is 0 Å². The largest absolute Gasteiger partial charge is 0.384 e. The molecule has 20 heavy (non-hydrogen) atoms. The minimum absolute atomic E-state index is 0.122. The van der Waals surface area contributed by atoms with E-state index in [4.69, 9.17) is 5.11 Å². The lowest BCUT2D eigenvalue weighted by Gasteiger charge is -2.02. The molecule has 102 valence electrons. The Bertz CT molecular complexity index is 670. The monoisotopic (exact) mass is 305 g/mol. The van der Waals surface area contributed by atoms with Gasteiger partial charge in [-0.15, -0.1) is 23.1 Å². The van der Waals surface area contributed by atoms with Gasteiger partial charge in [0.25, 0.3) is 5.69 Å². The van der Waals surface area contributed by atoms with E-state index in [-0.39, 0.29) is 17.2 Å². The number of para-hydroxylation sites is 1. The van der Waals surface area contributed by atoms with E-state index in [1.807, 2.05) is 11.4 Å². The average molecular weight is 305 g/mol. The third-order valence-electron chi connectivity index (χ3n) is 2.47. The van der Waals surface area contributed by atoms with E-state index < -0.39 is 0 Å². The van der Waals surface area contributed by atoms with E-state index in [9.17, 15) is 10.1 Å². The molecule has 0 spiro atoms. The summed E-state index contributed by atoms with van der Waals surface area (Å²) in [5.41, 5.74) is 0.993. The van der Waals surface area contributed by atoms with Gasteiger partial charge in [-0.2, -0.15) is 0 Å². The maximum atomic E-state index is 10.9. The number of thioether (sulfide) groups is 1. The van der Waals surface area contributed by atoms with Crippen LogP contribution in [0, 0.1) is 22.0 Å². The third-order valence-corrected chi connectivity index (χ3v) is 4.66. The Kier molecular flexibility index (Phi) is 5.18. The van der Waals surface area contributed by atoms with Crippen molar-refractivity contribution in [2.45, 2.75) is 10.6 Å². The molecule has 1 N–H and O–H groups in total. The zero-order chi connectivity index (χ0) is 14.4. The van der Waals surface area contributed by atoms with E-state index >= 15 is 0 Å². The van der Waals surface area contributed by atoms with E-state index in [1.54, 1.807) is 29.5 Å². The Morgan fingerprint density at radius 2 is 2.15 bits per heavy atom. The molecule has 0 fully saturated rings. The van der Waals surface area contributed by atoms with E-state index in [0.717, 1.165) is 10.4 Å². The summed E-state index contributed by atoms with van der Waals surface area (Å²) >= 11 is 2.98. The molecule has 0 aliphatic rings. The smallest absolute Gasteiger partial charge is 0.282 e. The lowest BCUT2D eigenvalue weighted by Crippen LogP contribution is -1.90. The minimum atomic E-state index is -0.372. The summed E-state index contributed by atoms with van der Waals surface area (Å²) in [5.74, 6) is 6.12. The van der Waals surface area contributed by atoms with E-state index in [0.29, 0.717) is 10.6 Å². The van der Waals surface area contributed by atoms with Crippen LogP contribution in [0.25, 0.3) is 0 Å². The number of nitro benzene ring substituents is 1. The van der Waals surface area contributed by atoms with Crippen LogP contribution >= 0.6 is 23.1 Å². The summed E-state index contributed by atoms with van der Waals surface area (Å²) in [6.07, 6.45) is 0. The third kappa shape index (κ3) is 3.61. The van der Waals surface area contributed by atoms with Crippen LogP contribution in [0.5, 0.6) is 0 Å². The summed E-state index contributed by atoms with van der Waals surface area (Å²) in [6.45, 7) is -0.174. The van der Waals surface area contributed by atoms with Gasteiger partial charge in [-0.05, 0) is 17.5 Å². The van der Waals surface area contributed by atoms with Crippen molar-refractivity contribution in [1.82, 2.24) is 0 Å². The molecule has 1 aromatic heterocycles. The van der Waals surface area contributed by atoms with Gasteiger partial charge in [0.05, 0.1) is 9.82 Å². The molecule has 0 saturated carbocycles. The van der Waals surface area contributed by atoms with Crippen molar-refractivity contribution in [2.75, 3.05) is 6.61 Å². The van der Waals surface area contributed by atoms with Gasteiger partial charge in [0.2, 0.25) is 0 Å². The molecular weight excluding hydrogens is 294 g/mol. The van der Waals surface area contributed by atoms with Gasteiger partial charge >= 0.3 is 0 Å². The number of thiophene rings is 1. The van der Waals surface area contributed by atoms with Crippen LogP contribution in [-0.4, -0.2) is 16.6 Å². The van der Waals surface area contributed by atoms with Crippen LogP contribution in [0.2, 0.25) is 0 Å². The Hall–Kier alpha value is -1.81. The van der Waals surface area contributed by atoms with Crippen molar-refractivity contribution in [3.05, 3.63) is 56.3 Å². The molecule has 1 aromatic carbocycles. The predicted molar refractivity (Wildman–Crippen MR) is 80.9 cm³/mol. The Morgan fingerprint density at radius 1 is 1.35 bits per heavy atom. The summed E-state index contributed by atoms with van der Waals surface area (Å²) in [4.78, 5) is 12.3. The first kappa shape index (κ1) is 14.6. The maximum absolute atomic E-state index is 10.9. The summed E-state index contributed by atoms with van der Waals surface area (Å²) < 4.78 is 0. The van der Waals surface area contributed by atoms with E-state index in [2.05, 4.69) is 11.8 Å². The standard InChI is InChI=1S/C14H11NO3S2/c16-8-3-4-11-7-9-19-14(11)10-20-13-6-2-1-5-12(13)15(17)18/h1-2,5-7,9,16H,8,10H2. The molecule has 0 aliphatic heterocycles. The second-order valence-corrected chi connectivity index (χ2v) is 5.75. The number of nitrogens with zero attached hydrogens (tertiary/aromatic N) is 1. The van der Waals surface area contributed by atoms with Crippen molar-refractivity contribution < 1.29 is 10.0 Å². The predicted octanol–water partition coefficient (Wildman–Crippen LogP) is 3.29. The van der Waals surface area contributed by atoms with Crippen molar-refractivity contribution >= 4 is 28.8 Å². The van der Waals surface area contributed by atoms with Gasteiger partial charge in [0.1, 0.15) is 6.61 Å². The molecule has 0 amide bonds. The Morgan fingerprint density at radius 3 is 2.90 bits per heavy atom. The Labute approximate surface area is 124 Å². The van der Waals surface area contributed by atoms with Gasteiger partial charge in [-0.3, -0.25) is 10.1 Å². The van der Waals surface area contributed by atoms with E-state index in [1.165, 1.54) is 17.8 Å². The number of rotatable bonds is 4. The van der Waals surface area contributed by atoms with Crippen LogP contribution in [0.4, 0.5) is 5.69 Å². The first-order valence-corrected chi connectivity index (χ1v) is 7.61. The lowest BCUT2D eigenvalue weighted by atomic mass is 10.3. The molecule has 6 heteroatoms. The quantitative estimate of drug-likeness (QED) is 0.407. The number of nitro groups is 1. The average Bonchev–Trinajstić information content (AvgIpc) is 2.90. The van der Waals surface area contributed by atoms with Crippen molar-refractivity contribution in [2.24, 2.45) is 0 Å². The second-order valence-electron chi connectivity index (χ2n) is 3.73. The number of hydrogen-bond acceptors (Lipinski definition) is 5. The number of aliphatic hydroxyl groups is 1. The van der Waals surface area contributed by atoms with Crippen molar-refractivity contribution in [3.63, 3.8) is 0 Å². The molecule has 0 aliphatic carbocycles. The van der Waals surface area contributed by atoms with Gasteiger partial charge in [0, 0.05) is 22.3 Å². The Balaban J connectivity index is 2.14. The molecule has 1 heterocycles. The highest BCUT2D eigenvalue weighted by atomic mass is 32.2. The molecule has 2 rings (SSSR count). The summed E-state index contributed by atoms with van der Waals surface area (Å²) in [5, 5.41) is 21.6. The zero-order valence-corrected chi connectivity index (χ0v) is 12.0. The van der Waals surface area contributed by atoms with Crippen LogP contribution in [0.1, 0.15) is 10.4 Å². The van der Waals surface area contributed by atoms with Gasteiger partial charge < -0.3 is 5.11 Å². The molecule has 0 bridgehead atoms. The first-order chi connectivity index (χ1) is 9.72. The second kappa shape index (κ2) is 7.10. The summed E-state index contributed by atoms with van der Waals surface area (Å²) in [6, 6.07) is 8.59. The molecule has 0 saturated heterocycles. The van der Waals surface area contributed by atoms with Gasteiger partial charge in [-0.25, -0.2) is 0 Å². The highest BCUT2D eigenvalue weighted by molar-refractivity contribution is 7.98. The molecule has 4 nitrogen and oxygen atoms in total. The molecular formula is C14H11NO3S2. The molecule has 0 atom stereocenters. The summed E-state index contributed by atoms with van der Waals surface area (Å²) in [7, 11) is 0. The number of aliphatic hydroxyl groups excluding tert-OH is 1. The van der Waals surface area contributed by atoms with Crippen LogP contribution in [0.3, 0.4) is 0 Å². The highest BCUT2D eigenvalue weighted by Gasteiger charge is 2.13. The lowest BCUT2D eigenvalue weighted by molar-refractivity contribution is -0.387. The topological polar surface area (TPSA) is 63.4 Å². The van der Waals surface area contributed by atoms with Crippen molar-refractivity contribution in [3.8, 4) is 11.8 Å². The van der Waals surface area contributed by atoms with Crippen LogP contribution < -0.4 is 0 Å². The fourth-order valence-corrected chi connectivity index (χ4v) is 3.54. The number of benzene rings is 1. The minimum Gasteiger partial charge on any atom is -0.384 e. The van der Waals surface area contributed by atoms with Crippen molar-refractivity contribution in [1.29, 1.82) is 0 Å². The highest BCUT2D eigenvalue weighted by Crippen LogP contribution is 2.33. The van der Waals surface area contributed by atoms with Gasteiger partial charge in [-0.1, -0.05) is 24.0 Å². The molecule has 2 aromatic rings. The first-order valence-electron chi connectivity index (χ1n) is 5.74. The molecule has 0 radical (unpaired) electrons. The fourth-order valence-electron chi connectivity index (χ4n) is 1.57. The maximum Gasteiger partial charge on any atom is 0.282 e. The normalized spacial score (nSPS) is 9.85. The fraction of sp³-hybridized carbons (Fsp3) is 0.143. The van der Waals surface area contributed by atoms with Crippen LogP contribution in [0.15, 0.2) is 40.6 Å². The zero-order valence-electron chi connectivity index (χ0n) is 10.4. The number of hydrogen-bond donors (Lipinski definition) is 1. The molecule has 0 unspecified atom stereocenters.